The second-order valence-corrected chi connectivity index (χ2v) is 5.64. The van der Waals surface area contributed by atoms with Crippen molar-refractivity contribution in [3.63, 3.8) is 0 Å². The van der Waals surface area contributed by atoms with Crippen molar-refractivity contribution >= 4 is 5.69 Å². The summed E-state index contributed by atoms with van der Waals surface area (Å²) in [6.45, 7) is 10.9. The highest BCUT2D eigenvalue weighted by molar-refractivity contribution is 5.51. The van der Waals surface area contributed by atoms with E-state index in [-0.39, 0.29) is 0 Å². The van der Waals surface area contributed by atoms with Gasteiger partial charge in [0.2, 0.25) is 0 Å². The fourth-order valence-electron chi connectivity index (χ4n) is 2.51. The molecule has 108 valence electrons. The number of unbranched alkanes of at least 4 members (excludes halogenated alkanes) is 2. The van der Waals surface area contributed by atoms with Crippen LogP contribution in [0.2, 0.25) is 0 Å². The quantitative estimate of drug-likeness (QED) is 0.720. The highest BCUT2D eigenvalue weighted by atomic mass is 15.1. The van der Waals surface area contributed by atoms with Crippen LogP contribution in [-0.4, -0.2) is 19.1 Å². The van der Waals surface area contributed by atoms with Crippen LogP contribution in [0.4, 0.5) is 5.69 Å². The molecule has 0 bridgehead atoms. The van der Waals surface area contributed by atoms with Gasteiger partial charge in [0.15, 0.2) is 0 Å². The summed E-state index contributed by atoms with van der Waals surface area (Å²) in [6, 6.07) is 7.37. The van der Waals surface area contributed by atoms with Crippen molar-refractivity contribution in [2.24, 2.45) is 5.73 Å². The van der Waals surface area contributed by atoms with Gasteiger partial charge in [0.1, 0.15) is 0 Å². The Morgan fingerprint density at radius 1 is 1.21 bits per heavy atom. The molecule has 1 rings (SSSR count). The Bertz CT molecular complexity index is 372. The lowest BCUT2D eigenvalue weighted by atomic mass is 10.0. The SMILES string of the molecule is CCCCCN(c1ccc(CCN)c(C)c1)C(C)C. The predicted molar refractivity (Wildman–Crippen MR) is 85.9 cm³/mol. The van der Waals surface area contributed by atoms with Crippen molar-refractivity contribution in [1.29, 1.82) is 0 Å². The zero-order chi connectivity index (χ0) is 14.3. The summed E-state index contributed by atoms with van der Waals surface area (Å²) in [5.41, 5.74) is 9.74. The molecule has 0 saturated heterocycles. The van der Waals surface area contributed by atoms with Gasteiger partial charge >= 0.3 is 0 Å². The van der Waals surface area contributed by atoms with Crippen LogP contribution in [0.15, 0.2) is 18.2 Å². The molecule has 0 heterocycles. The fourth-order valence-corrected chi connectivity index (χ4v) is 2.51. The molecule has 2 heteroatoms. The highest BCUT2D eigenvalue weighted by Gasteiger charge is 2.11. The lowest BCUT2D eigenvalue weighted by Gasteiger charge is -2.29. The summed E-state index contributed by atoms with van der Waals surface area (Å²) in [4.78, 5) is 2.51. The van der Waals surface area contributed by atoms with E-state index in [0.717, 1.165) is 19.5 Å². The topological polar surface area (TPSA) is 29.3 Å². The van der Waals surface area contributed by atoms with Crippen LogP contribution < -0.4 is 10.6 Å². The Balaban J connectivity index is 2.81. The molecular formula is C17H30N2. The highest BCUT2D eigenvalue weighted by Crippen LogP contribution is 2.22. The molecule has 0 atom stereocenters. The van der Waals surface area contributed by atoms with Crippen molar-refractivity contribution in [3.8, 4) is 0 Å². The van der Waals surface area contributed by atoms with E-state index < -0.39 is 0 Å². The third-order valence-corrected chi connectivity index (χ3v) is 3.70. The fraction of sp³-hybridized carbons (Fsp3) is 0.647. The third-order valence-electron chi connectivity index (χ3n) is 3.70. The normalized spacial score (nSPS) is 11.1. The molecule has 0 aliphatic heterocycles. The number of hydrogen-bond acceptors (Lipinski definition) is 2. The van der Waals surface area contributed by atoms with Gasteiger partial charge in [-0.1, -0.05) is 25.8 Å². The van der Waals surface area contributed by atoms with E-state index in [0.29, 0.717) is 6.04 Å². The second-order valence-electron chi connectivity index (χ2n) is 5.64. The van der Waals surface area contributed by atoms with E-state index in [4.69, 9.17) is 5.73 Å². The number of hydrogen-bond donors (Lipinski definition) is 1. The Morgan fingerprint density at radius 3 is 2.47 bits per heavy atom. The maximum Gasteiger partial charge on any atom is 0.0371 e. The lowest BCUT2D eigenvalue weighted by Crippen LogP contribution is -2.31. The average molecular weight is 262 g/mol. The van der Waals surface area contributed by atoms with Gasteiger partial charge in [-0.3, -0.25) is 0 Å². The predicted octanol–water partition coefficient (Wildman–Crippen LogP) is 3.90. The van der Waals surface area contributed by atoms with E-state index in [1.54, 1.807) is 0 Å². The van der Waals surface area contributed by atoms with Gasteiger partial charge in [0, 0.05) is 18.3 Å². The Kier molecular flexibility index (Phi) is 6.93. The number of rotatable bonds is 8. The van der Waals surface area contributed by atoms with E-state index in [9.17, 15) is 0 Å². The van der Waals surface area contributed by atoms with Crippen molar-refractivity contribution in [1.82, 2.24) is 0 Å². The first kappa shape index (κ1) is 16.0. The van der Waals surface area contributed by atoms with Crippen LogP contribution in [0.25, 0.3) is 0 Å². The minimum absolute atomic E-state index is 0.552. The van der Waals surface area contributed by atoms with Crippen molar-refractivity contribution in [2.45, 2.75) is 59.4 Å². The van der Waals surface area contributed by atoms with Crippen LogP contribution in [-0.2, 0) is 6.42 Å². The first-order valence-electron chi connectivity index (χ1n) is 7.66. The molecule has 0 aromatic heterocycles. The standard InChI is InChI=1S/C17H30N2/c1-5-6-7-12-19(14(2)3)17-9-8-16(10-11-18)15(4)13-17/h8-9,13-14H,5-7,10-12,18H2,1-4H3. The van der Waals surface area contributed by atoms with Crippen LogP contribution in [0, 0.1) is 6.92 Å². The van der Waals surface area contributed by atoms with Crippen molar-refractivity contribution in [2.75, 3.05) is 18.0 Å². The Labute approximate surface area is 119 Å². The first-order chi connectivity index (χ1) is 9.10. The maximum absolute atomic E-state index is 5.65. The molecule has 2 N–H and O–H groups in total. The molecule has 0 spiro atoms. The summed E-state index contributed by atoms with van der Waals surface area (Å²) in [5, 5.41) is 0. The van der Waals surface area contributed by atoms with E-state index >= 15 is 0 Å². The molecule has 0 saturated carbocycles. The summed E-state index contributed by atoms with van der Waals surface area (Å²) < 4.78 is 0. The van der Waals surface area contributed by atoms with Crippen LogP contribution >= 0.6 is 0 Å². The van der Waals surface area contributed by atoms with Gasteiger partial charge in [0.25, 0.3) is 0 Å². The van der Waals surface area contributed by atoms with E-state index in [2.05, 4.69) is 50.8 Å². The molecule has 0 aliphatic carbocycles. The van der Waals surface area contributed by atoms with Gasteiger partial charge in [0.05, 0.1) is 0 Å². The molecule has 0 fully saturated rings. The minimum atomic E-state index is 0.552. The minimum Gasteiger partial charge on any atom is -0.369 e. The molecule has 0 aliphatic rings. The molecule has 1 aromatic carbocycles. The number of aryl methyl sites for hydroxylation is 1. The zero-order valence-electron chi connectivity index (χ0n) is 13.1. The summed E-state index contributed by atoms with van der Waals surface area (Å²) >= 11 is 0. The van der Waals surface area contributed by atoms with E-state index in [1.165, 1.54) is 36.1 Å². The Morgan fingerprint density at radius 2 is 1.95 bits per heavy atom. The Hall–Kier alpha value is -1.02. The summed E-state index contributed by atoms with van der Waals surface area (Å²) in [7, 11) is 0. The average Bonchev–Trinajstić information content (AvgIpc) is 2.37. The van der Waals surface area contributed by atoms with Gasteiger partial charge in [-0.05, 0) is 63.4 Å². The van der Waals surface area contributed by atoms with Crippen LogP contribution in [0.3, 0.4) is 0 Å². The van der Waals surface area contributed by atoms with Crippen LogP contribution in [0.1, 0.15) is 51.2 Å². The first-order valence-corrected chi connectivity index (χ1v) is 7.66. The summed E-state index contributed by atoms with van der Waals surface area (Å²) in [5.74, 6) is 0. The number of nitrogens with zero attached hydrogens (tertiary/aromatic N) is 1. The molecule has 0 radical (unpaired) electrons. The van der Waals surface area contributed by atoms with Gasteiger partial charge < -0.3 is 10.6 Å². The van der Waals surface area contributed by atoms with Crippen molar-refractivity contribution < 1.29 is 0 Å². The van der Waals surface area contributed by atoms with Crippen molar-refractivity contribution in [3.05, 3.63) is 29.3 Å². The zero-order valence-corrected chi connectivity index (χ0v) is 13.1. The van der Waals surface area contributed by atoms with Gasteiger partial charge in [-0.25, -0.2) is 0 Å². The second kappa shape index (κ2) is 8.21. The maximum atomic E-state index is 5.65. The lowest BCUT2D eigenvalue weighted by molar-refractivity contribution is 0.626. The molecule has 0 amide bonds. The smallest absolute Gasteiger partial charge is 0.0371 e. The number of benzene rings is 1. The van der Waals surface area contributed by atoms with Gasteiger partial charge in [-0.15, -0.1) is 0 Å². The van der Waals surface area contributed by atoms with Crippen LogP contribution in [0.5, 0.6) is 0 Å². The largest absolute Gasteiger partial charge is 0.369 e. The number of nitrogens with two attached hydrogens (primary N) is 1. The van der Waals surface area contributed by atoms with E-state index in [1.807, 2.05) is 0 Å². The van der Waals surface area contributed by atoms with Gasteiger partial charge in [-0.2, -0.15) is 0 Å². The molecule has 19 heavy (non-hydrogen) atoms. The molecule has 2 nitrogen and oxygen atoms in total. The molecule has 0 unspecified atom stereocenters. The third kappa shape index (κ3) is 4.87. The summed E-state index contributed by atoms with van der Waals surface area (Å²) in [6.07, 6.45) is 4.84. The molecular weight excluding hydrogens is 232 g/mol. The monoisotopic (exact) mass is 262 g/mol. The molecule has 1 aromatic rings. The number of anilines is 1.